The van der Waals surface area contributed by atoms with Crippen molar-refractivity contribution in [3.8, 4) is 0 Å². The summed E-state index contributed by atoms with van der Waals surface area (Å²) in [4.78, 5) is 0. The number of ether oxygens (including phenoxy) is 2. The summed E-state index contributed by atoms with van der Waals surface area (Å²) in [6.07, 6.45) is -6.80. The van der Waals surface area contributed by atoms with Crippen LogP contribution in [0.1, 0.15) is 16.7 Å². The SMILES string of the molecule is O=[P@@]1(OCc2ccccc2)O[C@@H]2[C@@H](O)[C@H](O1)[C@@H](OCc1ccccc1)[C@@H](OCc1ccccc1)[C@H]2O. The van der Waals surface area contributed by atoms with Crippen molar-refractivity contribution in [2.75, 3.05) is 0 Å². The van der Waals surface area contributed by atoms with Crippen LogP contribution in [0.5, 0.6) is 0 Å². The zero-order valence-electron chi connectivity index (χ0n) is 19.5. The van der Waals surface area contributed by atoms with Crippen LogP contribution in [-0.2, 0) is 47.4 Å². The molecule has 1 saturated carbocycles. The lowest BCUT2D eigenvalue weighted by atomic mass is 9.84. The first-order chi connectivity index (χ1) is 17.5. The maximum absolute atomic E-state index is 13.4. The Hall–Kier alpha value is -2.39. The summed E-state index contributed by atoms with van der Waals surface area (Å²) in [5, 5.41) is 22.1. The molecule has 3 aromatic carbocycles. The number of aliphatic hydroxyl groups is 2. The second-order valence-corrected chi connectivity index (χ2v) is 10.4. The van der Waals surface area contributed by atoms with Gasteiger partial charge in [0.15, 0.2) is 0 Å². The fourth-order valence-corrected chi connectivity index (χ4v) is 6.00. The molecule has 9 heteroatoms. The van der Waals surface area contributed by atoms with Crippen LogP contribution in [0, 0.1) is 0 Å². The van der Waals surface area contributed by atoms with E-state index in [1.54, 1.807) is 0 Å². The van der Waals surface area contributed by atoms with Gasteiger partial charge in [-0.05, 0) is 16.7 Å². The van der Waals surface area contributed by atoms with Crippen molar-refractivity contribution in [1.29, 1.82) is 0 Å². The molecule has 36 heavy (non-hydrogen) atoms. The molecule has 5 rings (SSSR count). The molecule has 8 nitrogen and oxygen atoms in total. The third kappa shape index (κ3) is 5.78. The van der Waals surface area contributed by atoms with E-state index in [1.807, 2.05) is 91.0 Å². The van der Waals surface area contributed by atoms with Crippen LogP contribution < -0.4 is 0 Å². The zero-order chi connectivity index (χ0) is 25.0. The van der Waals surface area contributed by atoms with Crippen LogP contribution in [0.3, 0.4) is 0 Å². The van der Waals surface area contributed by atoms with Gasteiger partial charge in [-0.3, -0.25) is 13.6 Å². The molecule has 7 atom stereocenters. The van der Waals surface area contributed by atoms with Crippen molar-refractivity contribution in [2.45, 2.75) is 56.4 Å². The molecule has 190 valence electrons. The van der Waals surface area contributed by atoms with Crippen molar-refractivity contribution in [3.05, 3.63) is 108 Å². The lowest BCUT2D eigenvalue weighted by Crippen LogP contribution is -2.67. The third-order valence-corrected chi connectivity index (χ3v) is 7.75. The predicted molar refractivity (Wildman–Crippen MR) is 131 cm³/mol. The number of fused-ring (bicyclic) bond motifs is 2. The summed E-state index contributed by atoms with van der Waals surface area (Å²) >= 11 is 0. The average Bonchev–Trinajstić information content (AvgIpc) is 2.91. The summed E-state index contributed by atoms with van der Waals surface area (Å²) in [5.74, 6) is 0. The summed E-state index contributed by atoms with van der Waals surface area (Å²) in [6.45, 7) is 0.357. The Morgan fingerprint density at radius 1 is 0.611 bits per heavy atom. The van der Waals surface area contributed by atoms with E-state index in [2.05, 4.69) is 0 Å². The van der Waals surface area contributed by atoms with E-state index < -0.39 is 44.4 Å². The van der Waals surface area contributed by atoms with E-state index in [0.29, 0.717) is 0 Å². The van der Waals surface area contributed by atoms with Gasteiger partial charge in [0.25, 0.3) is 0 Å². The Bertz CT molecular complexity index is 1150. The minimum atomic E-state index is -4.12. The zero-order valence-corrected chi connectivity index (χ0v) is 20.4. The van der Waals surface area contributed by atoms with Gasteiger partial charge in [-0.15, -0.1) is 0 Å². The molecular formula is C27H29O8P. The van der Waals surface area contributed by atoms with Crippen LogP contribution in [0.15, 0.2) is 91.0 Å². The van der Waals surface area contributed by atoms with Gasteiger partial charge in [0.05, 0.1) is 19.8 Å². The number of phosphoric ester groups is 1. The fourth-order valence-electron chi connectivity index (χ4n) is 4.43. The molecule has 0 aromatic heterocycles. The molecule has 2 bridgehead atoms. The van der Waals surface area contributed by atoms with Crippen LogP contribution in [0.2, 0.25) is 0 Å². The molecule has 3 aromatic rings. The Morgan fingerprint density at radius 3 is 1.58 bits per heavy atom. The van der Waals surface area contributed by atoms with Gasteiger partial charge in [0.2, 0.25) is 0 Å². The van der Waals surface area contributed by atoms with E-state index >= 15 is 0 Å². The molecule has 1 aliphatic carbocycles. The Morgan fingerprint density at radius 2 is 1.06 bits per heavy atom. The molecule has 0 unspecified atom stereocenters. The van der Waals surface area contributed by atoms with Gasteiger partial charge >= 0.3 is 7.82 Å². The molecule has 2 N–H and O–H groups in total. The number of benzene rings is 3. The summed E-state index contributed by atoms with van der Waals surface area (Å²) in [5.41, 5.74) is 2.57. The lowest BCUT2D eigenvalue weighted by molar-refractivity contribution is -0.265. The van der Waals surface area contributed by atoms with Crippen LogP contribution >= 0.6 is 7.82 Å². The standard InChI is InChI=1S/C27H29O8P/c28-22-24-23(29)26(35-36(30,34-24)33-18-21-14-8-3-9-15-21)27(32-17-20-12-6-2-7-13-20)25(22)31-16-19-10-4-1-5-11-19/h1-15,22-29H,16-18H2/t22-,23+,24-,25-,26-,27-,36+/m0/s1. The van der Waals surface area contributed by atoms with Crippen LogP contribution in [0.4, 0.5) is 0 Å². The Balaban J connectivity index is 1.36. The minimum absolute atomic E-state index is 0.0206. The van der Waals surface area contributed by atoms with E-state index in [9.17, 15) is 14.8 Å². The van der Waals surface area contributed by atoms with Gasteiger partial charge in [-0.2, -0.15) is 0 Å². The second kappa shape index (κ2) is 11.3. The van der Waals surface area contributed by atoms with Gasteiger partial charge < -0.3 is 19.7 Å². The Labute approximate surface area is 210 Å². The van der Waals surface area contributed by atoms with Gasteiger partial charge in [-0.1, -0.05) is 91.0 Å². The first-order valence-electron chi connectivity index (χ1n) is 11.8. The number of hydrogen-bond donors (Lipinski definition) is 2. The fraction of sp³-hybridized carbons (Fsp3) is 0.333. The molecule has 2 fully saturated rings. The largest absolute Gasteiger partial charge is 0.476 e. The van der Waals surface area contributed by atoms with E-state index in [1.165, 1.54) is 0 Å². The monoisotopic (exact) mass is 512 g/mol. The molecule has 0 radical (unpaired) electrons. The molecule has 2 aliphatic rings. The normalized spacial score (nSPS) is 31.7. The summed E-state index contributed by atoms with van der Waals surface area (Å²) in [6, 6.07) is 28.1. The minimum Gasteiger partial charge on any atom is -0.387 e. The molecule has 0 spiro atoms. The Kier molecular flexibility index (Phi) is 7.96. The van der Waals surface area contributed by atoms with E-state index in [4.69, 9.17) is 23.0 Å². The molecule has 1 saturated heterocycles. The van der Waals surface area contributed by atoms with E-state index in [0.717, 1.165) is 16.7 Å². The maximum atomic E-state index is 13.4. The van der Waals surface area contributed by atoms with Crippen molar-refractivity contribution in [2.24, 2.45) is 0 Å². The summed E-state index contributed by atoms with van der Waals surface area (Å²) in [7, 11) is -4.12. The van der Waals surface area contributed by atoms with Gasteiger partial charge in [-0.25, -0.2) is 4.57 Å². The average molecular weight is 512 g/mol. The molecule has 0 amide bonds. The number of aliphatic hydroxyl groups excluding tert-OH is 2. The molecular weight excluding hydrogens is 483 g/mol. The van der Waals surface area contributed by atoms with Crippen molar-refractivity contribution in [1.82, 2.24) is 0 Å². The highest BCUT2D eigenvalue weighted by Gasteiger charge is 2.60. The topological polar surface area (TPSA) is 104 Å². The highest BCUT2D eigenvalue weighted by Crippen LogP contribution is 2.59. The quantitative estimate of drug-likeness (QED) is 0.415. The smallest absolute Gasteiger partial charge is 0.387 e. The highest BCUT2D eigenvalue weighted by molar-refractivity contribution is 7.48. The first-order valence-corrected chi connectivity index (χ1v) is 13.3. The van der Waals surface area contributed by atoms with Crippen LogP contribution in [-0.4, -0.2) is 46.8 Å². The second-order valence-electron chi connectivity index (χ2n) is 8.85. The van der Waals surface area contributed by atoms with Crippen LogP contribution in [0.25, 0.3) is 0 Å². The van der Waals surface area contributed by atoms with Gasteiger partial charge in [0.1, 0.15) is 36.6 Å². The number of hydrogen-bond acceptors (Lipinski definition) is 8. The molecule has 1 heterocycles. The maximum Gasteiger partial charge on any atom is 0.476 e. The predicted octanol–water partition coefficient (Wildman–Crippen LogP) is 4.00. The first kappa shape index (κ1) is 25.3. The number of rotatable bonds is 9. The van der Waals surface area contributed by atoms with Crippen molar-refractivity contribution >= 4 is 7.82 Å². The van der Waals surface area contributed by atoms with Crippen molar-refractivity contribution < 1.29 is 37.8 Å². The summed E-state index contributed by atoms with van der Waals surface area (Å²) < 4.78 is 42.5. The highest BCUT2D eigenvalue weighted by atomic mass is 31.2. The third-order valence-electron chi connectivity index (χ3n) is 6.30. The van der Waals surface area contributed by atoms with Gasteiger partial charge in [0, 0.05) is 0 Å². The molecule has 1 aliphatic heterocycles. The number of phosphoric acid groups is 1. The van der Waals surface area contributed by atoms with E-state index in [-0.39, 0.29) is 19.8 Å². The lowest BCUT2D eigenvalue weighted by Gasteiger charge is -2.50. The van der Waals surface area contributed by atoms with Crippen molar-refractivity contribution in [3.63, 3.8) is 0 Å².